The summed E-state index contributed by atoms with van der Waals surface area (Å²) in [7, 11) is 0. The van der Waals surface area contributed by atoms with Gasteiger partial charge in [-0.25, -0.2) is 0 Å². The second kappa shape index (κ2) is 4.87. The summed E-state index contributed by atoms with van der Waals surface area (Å²) in [5, 5.41) is 0. The predicted octanol–water partition coefficient (Wildman–Crippen LogP) is 1.65. The van der Waals surface area contributed by atoms with Crippen molar-refractivity contribution in [2.45, 2.75) is 6.42 Å². The molecule has 0 rings (SSSR count). The van der Waals surface area contributed by atoms with Gasteiger partial charge in [0.1, 0.15) is 0 Å². The molecule has 0 heterocycles. The van der Waals surface area contributed by atoms with Crippen molar-refractivity contribution in [2.24, 2.45) is 0 Å². The van der Waals surface area contributed by atoms with Crippen LogP contribution in [-0.4, -0.2) is 5.75 Å². The summed E-state index contributed by atoms with van der Waals surface area (Å²) in [6.45, 7) is 3.38. The van der Waals surface area contributed by atoms with Crippen molar-refractivity contribution in [1.82, 2.24) is 0 Å². The van der Waals surface area contributed by atoms with Crippen LogP contribution in [0.3, 0.4) is 0 Å². The Bertz CT molecular complexity index is 60.3. The topological polar surface area (TPSA) is 0 Å². The molecule has 6 heavy (non-hydrogen) atoms. The van der Waals surface area contributed by atoms with Crippen LogP contribution in [0.1, 0.15) is 6.42 Å². The van der Waals surface area contributed by atoms with Gasteiger partial charge in [-0.05, 0) is 18.2 Å². The first-order valence-electron chi connectivity index (χ1n) is 1.87. The average molecular weight is 100 g/mol. The Kier molecular flexibility index (Phi) is 4.76. The molecule has 0 bridgehead atoms. The van der Waals surface area contributed by atoms with E-state index in [-0.39, 0.29) is 0 Å². The molecule has 0 amide bonds. The largest absolute Gasteiger partial charge is 0.179 e. The Morgan fingerprint density at radius 2 is 2.50 bits per heavy atom. The van der Waals surface area contributed by atoms with Crippen LogP contribution in [0.5, 0.6) is 0 Å². The summed E-state index contributed by atoms with van der Waals surface area (Å²) in [4.78, 5) is 0. The molecule has 0 fully saturated rings. The SMILES string of the molecule is C=C=CCCS. The van der Waals surface area contributed by atoms with Gasteiger partial charge in [0, 0.05) is 0 Å². The van der Waals surface area contributed by atoms with Gasteiger partial charge >= 0.3 is 0 Å². The molecule has 1 heteroatoms. The second-order valence-electron chi connectivity index (χ2n) is 0.921. The van der Waals surface area contributed by atoms with Crippen molar-refractivity contribution >= 4 is 12.6 Å². The summed E-state index contributed by atoms with van der Waals surface area (Å²) < 4.78 is 0. The van der Waals surface area contributed by atoms with E-state index in [9.17, 15) is 0 Å². The fourth-order valence-corrected chi connectivity index (χ4v) is 0.296. The molecule has 0 saturated carbocycles. The van der Waals surface area contributed by atoms with Crippen molar-refractivity contribution < 1.29 is 0 Å². The van der Waals surface area contributed by atoms with Crippen LogP contribution in [0.25, 0.3) is 0 Å². The van der Waals surface area contributed by atoms with Crippen LogP contribution in [0.15, 0.2) is 18.4 Å². The highest BCUT2D eigenvalue weighted by atomic mass is 32.1. The lowest BCUT2D eigenvalue weighted by molar-refractivity contribution is 1.26. The second-order valence-corrected chi connectivity index (χ2v) is 1.37. The van der Waals surface area contributed by atoms with Gasteiger partial charge in [-0.15, -0.1) is 5.73 Å². The minimum Gasteiger partial charge on any atom is -0.179 e. The Balaban J connectivity index is 2.86. The Morgan fingerprint density at radius 3 is 2.67 bits per heavy atom. The smallest absolute Gasteiger partial charge is 0.00572 e. The first-order valence-corrected chi connectivity index (χ1v) is 2.50. The maximum atomic E-state index is 3.96. The normalized spacial score (nSPS) is 6.83. The number of thiol groups is 1. The van der Waals surface area contributed by atoms with Crippen LogP contribution < -0.4 is 0 Å². The molecule has 0 aliphatic rings. The van der Waals surface area contributed by atoms with Gasteiger partial charge in [-0.2, -0.15) is 12.6 Å². The van der Waals surface area contributed by atoms with Crippen LogP contribution in [-0.2, 0) is 0 Å². The summed E-state index contributed by atoms with van der Waals surface area (Å²) in [6, 6.07) is 0. The zero-order chi connectivity index (χ0) is 4.83. The molecule has 0 aromatic rings. The minimum atomic E-state index is 0.891. The molecule has 0 aromatic heterocycles. The molecular weight excluding hydrogens is 92.1 g/mol. The van der Waals surface area contributed by atoms with Crippen molar-refractivity contribution in [3.05, 3.63) is 18.4 Å². The molecule has 0 aliphatic heterocycles. The van der Waals surface area contributed by atoms with Crippen molar-refractivity contribution in [3.8, 4) is 0 Å². The molecule has 0 unspecified atom stereocenters. The summed E-state index contributed by atoms with van der Waals surface area (Å²) in [5.41, 5.74) is 2.64. The van der Waals surface area contributed by atoms with Gasteiger partial charge in [0.25, 0.3) is 0 Å². The Labute approximate surface area is 44.0 Å². The highest BCUT2D eigenvalue weighted by molar-refractivity contribution is 7.80. The molecule has 0 spiro atoms. The first kappa shape index (κ1) is 5.87. The van der Waals surface area contributed by atoms with Crippen LogP contribution >= 0.6 is 12.6 Å². The predicted molar refractivity (Wildman–Crippen MR) is 32.2 cm³/mol. The fraction of sp³-hybridized carbons (Fsp3) is 0.400. The third-order valence-electron chi connectivity index (χ3n) is 0.418. The Hall–Kier alpha value is -0.130. The van der Waals surface area contributed by atoms with E-state index in [1.54, 1.807) is 0 Å². The number of allylic oxidation sites excluding steroid dienone is 1. The van der Waals surface area contributed by atoms with Gasteiger partial charge < -0.3 is 0 Å². The summed E-state index contributed by atoms with van der Waals surface area (Å²) >= 11 is 3.96. The van der Waals surface area contributed by atoms with E-state index >= 15 is 0 Å². The lowest BCUT2D eigenvalue weighted by Crippen LogP contribution is -1.60. The van der Waals surface area contributed by atoms with Gasteiger partial charge in [-0.1, -0.05) is 6.58 Å². The number of hydrogen-bond donors (Lipinski definition) is 1. The number of hydrogen-bond acceptors (Lipinski definition) is 1. The van der Waals surface area contributed by atoms with E-state index in [1.165, 1.54) is 0 Å². The van der Waals surface area contributed by atoms with Gasteiger partial charge in [0.05, 0.1) is 0 Å². The first-order chi connectivity index (χ1) is 2.91. The quantitative estimate of drug-likeness (QED) is 0.396. The number of rotatable bonds is 2. The summed E-state index contributed by atoms with van der Waals surface area (Å²) in [6.07, 6.45) is 2.85. The zero-order valence-corrected chi connectivity index (χ0v) is 4.54. The maximum absolute atomic E-state index is 3.96. The van der Waals surface area contributed by atoms with E-state index < -0.39 is 0 Å². The fourth-order valence-electron chi connectivity index (χ4n) is 0.167. The lowest BCUT2D eigenvalue weighted by Gasteiger charge is -1.72. The molecule has 0 aromatic carbocycles. The zero-order valence-electron chi connectivity index (χ0n) is 3.65. The van der Waals surface area contributed by atoms with E-state index in [0.29, 0.717) is 0 Å². The Morgan fingerprint density at radius 1 is 1.83 bits per heavy atom. The molecule has 0 N–H and O–H groups in total. The molecule has 34 valence electrons. The van der Waals surface area contributed by atoms with Gasteiger partial charge in [-0.3, -0.25) is 0 Å². The maximum Gasteiger partial charge on any atom is -0.00572 e. The van der Waals surface area contributed by atoms with E-state index in [0.717, 1.165) is 12.2 Å². The van der Waals surface area contributed by atoms with Crippen molar-refractivity contribution in [2.75, 3.05) is 5.75 Å². The molecule has 0 aliphatic carbocycles. The van der Waals surface area contributed by atoms with Crippen LogP contribution in [0.4, 0.5) is 0 Å². The average Bonchev–Trinajstić information content (AvgIpc) is 1.61. The van der Waals surface area contributed by atoms with E-state index in [1.807, 2.05) is 6.08 Å². The lowest BCUT2D eigenvalue weighted by atomic mass is 10.5. The molecule has 0 saturated heterocycles. The summed E-state index contributed by atoms with van der Waals surface area (Å²) in [5.74, 6) is 0.891. The molecule has 0 nitrogen and oxygen atoms in total. The highest BCUT2D eigenvalue weighted by Gasteiger charge is 1.64. The molecule has 0 radical (unpaired) electrons. The van der Waals surface area contributed by atoms with E-state index in [2.05, 4.69) is 24.9 Å². The van der Waals surface area contributed by atoms with Gasteiger partial charge in [0.2, 0.25) is 0 Å². The van der Waals surface area contributed by atoms with Crippen LogP contribution in [0.2, 0.25) is 0 Å². The van der Waals surface area contributed by atoms with E-state index in [4.69, 9.17) is 0 Å². The molecular formula is C5H8S. The monoisotopic (exact) mass is 100 g/mol. The third kappa shape index (κ3) is 3.87. The van der Waals surface area contributed by atoms with Gasteiger partial charge in [0.15, 0.2) is 0 Å². The van der Waals surface area contributed by atoms with Crippen molar-refractivity contribution in [3.63, 3.8) is 0 Å². The highest BCUT2D eigenvalue weighted by Crippen LogP contribution is 1.81. The van der Waals surface area contributed by atoms with Crippen molar-refractivity contribution in [1.29, 1.82) is 0 Å². The van der Waals surface area contributed by atoms with Crippen LogP contribution in [0, 0.1) is 0 Å². The molecule has 0 atom stereocenters. The standard InChI is InChI=1S/C5H8S/c1-2-3-4-5-6/h3,6H,1,4-5H2. The third-order valence-corrected chi connectivity index (χ3v) is 0.676. The minimum absolute atomic E-state index is 0.891.